The van der Waals surface area contributed by atoms with Gasteiger partial charge in [0.1, 0.15) is 6.61 Å². The SMILES string of the molecule is CC/C=C/C/C=C/C/C=C/CCCCCCCC(=O)OC[C@H](COP(=O)(O)O)OC(=O)CCCCCCCCC/C=C/CCCCCC. The first kappa shape index (κ1) is 46.0. The van der Waals surface area contributed by atoms with Gasteiger partial charge in [0.2, 0.25) is 0 Å². The lowest BCUT2D eigenvalue weighted by Gasteiger charge is -2.18. The fourth-order valence-electron chi connectivity index (χ4n) is 5.03. The lowest BCUT2D eigenvalue weighted by molar-refractivity contribution is -0.161. The molecule has 0 bridgehead atoms. The zero-order chi connectivity index (χ0) is 35.4. The maximum atomic E-state index is 12.4. The van der Waals surface area contributed by atoms with E-state index in [4.69, 9.17) is 19.3 Å². The van der Waals surface area contributed by atoms with Crippen molar-refractivity contribution in [3.05, 3.63) is 48.6 Å². The van der Waals surface area contributed by atoms with Crippen LogP contribution in [0.5, 0.6) is 0 Å². The van der Waals surface area contributed by atoms with Gasteiger partial charge in [-0.15, -0.1) is 0 Å². The molecular weight excluding hydrogens is 627 g/mol. The van der Waals surface area contributed by atoms with E-state index in [2.05, 4.69) is 67.0 Å². The monoisotopic (exact) mass is 696 g/mol. The van der Waals surface area contributed by atoms with Gasteiger partial charge in [-0.3, -0.25) is 14.1 Å². The van der Waals surface area contributed by atoms with Crippen molar-refractivity contribution >= 4 is 19.8 Å². The molecule has 0 amide bonds. The van der Waals surface area contributed by atoms with Gasteiger partial charge in [0.25, 0.3) is 0 Å². The van der Waals surface area contributed by atoms with E-state index in [0.29, 0.717) is 12.8 Å². The van der Waals surface area contributed by atoms with Gasteiger partial charge in [0.15, 0.2) is 6.10 Å². The molecule has 0 spiro atoms. The Hall–Kier alpha value is -1.99. The van der Waals surface area contributed by atoms with E-state index < -0.39 is 32.5 Å². The zero-order valence-corrected chi connectivity index (χ0v) is 31.3. The third-order valence-electron chi connectivity index (χ3n) is 7.83. The second-order valence-corrected chi connectivity index (χ2v) is 13.8. The van der Waals surface area contributed by atoms with Crippen LogP contribution in [0.3, 0.4) is 0 Å². The largest absolute Gasteiger partial charge is 0.469 e. The van der Waals surface area contributed by atoms with E-state index in [1.54, 1.807) is 0 Å². The number of hydrogen-bond acceptors (Lipinski definition) is 6. The number of allylic oxidation sites excluding steroid dienone is 8. The highest BCUT2D eigenvalue weighted by atomic mass is 31.2. The summed E-state index contributed by atoms with van der Waals surface area (Å²) in [5.41, 5.74) is 0. The molecule has 0 rings (SSSR count). The summed E-state index contributed by atoms with van der Waals surface area (Å²) in [7, 11) is -4.76. The van der Waals surface area contributed by atoms with Crippen molar-refractivity contribution < 1.29 is 37.9 Å². The van der Waals surface area contributed by atoms with Crippen molar-refractivity contribution in [1.82, 2.24) is 0 Å². The van der Waals surface area contributed by atoms with Gasteiger partial charge in [0.05, 0.1) is 6.61 Å². The lowest BCUT2D eigenvalue weighted by atomic mass is 10.1. The van der Waals surface area contributed by atoms with Gasteiger partial charge in [-0.05, 0) is 70.6 Å². The maximum Gasteiger partial charge on any atom is 0.469 e. The van der Waals surface area contributed by atoms with Gasteiger partial charge in [-0.25, -0.2) is 4.57 Å². The molecule has 0 aromatic carbocycles. The Bertz CT molecular complexity index is 921. The quantitative estimate of drug-likeness (QED) is 0.0295. The van der Waals surface area contributed by atoms with E-state index in [-0.39, 0.29) is 19.4 Å². The predicted octanol–water partition coefficient (Wildman–Crippen LogP) is 11.2. The van der Waals surface area contributed by atoms with Crippen molar-refractivity contribution in [2.45, 2.75) is 174 Å². The van der Waals surface area contributed by atoms with E-state index >= 15 is 0 Å². The van der Waals surface area contributed by atoms with Crippen LogP contribution in [0, 0.1) is 0 Å². The first-order valence-corrected chi connectivity index (χ1v) is 20.5. The van der Waals surface area contributed by atoms with Gasteiger partial charge >= 0.3 is 19.8 Å². The number of unbranched alkanes of at least 4 members (excludes halogenated alkanes) is 16. The summed E-state index contributed by atoms with van der Waals surface area (Å²) in [6.07, 6.45) is 41.1. The summed E-state index contributed by atoms with van der Waals surface area (Å²) < 4.78 is 26.3. The number of esters is 2. The summed E-state index contributed by atoms with van der Waals surface area (Å²) in [5.74, 6) is -0.912. The van der Waals surface area contributed by atoms with Crippen LogP contribution in [0.4, 0.5) is 0 Å². The van der Waals surface area contributed by atoms with Crippen molar-refractivity contribution in [2.24, 2.45) is 0 Å². The fourth-order valence-corrected chi connectivity index (χ4v) is 5.39. The third-order valence-corrected chi connectivity index (χ3v) is 8.32. The molecule has 0 aromatic rings. The Kier molecular flexibility index (Phi) is 33.4. The van der Waals surface area contributed by atoms with Gasteiger partial charge in [0, 0.05) is 12.8 Å². The van der Waals surface area contributed by atoms with Crippen LogP contribution in [-0.2, 0) is 28.2 Å². The van der Waals surface area contributed by atoms with Gasteiger partial charge in [-0.1, -0.05) is 133 Å². The highest BCUT2D eigenvalue weighted by Crippen LogP contribution is 2.36. The Morgan fingerprint density at radius 3 is 1.52 bits per heavy atom. The van der Waals surface area contributed by atoms with Crippen LogP contribution < -0.4 is 0 Å². The van der Waals surface area contributed by atoms with Crippen LogP contribution in [0.1, 0.15) is 168 Å². The van der Waals surface area contributed by atoms with E-state index in [9.17, 15) is 14.2 Å². The Morgan fingerprint density at radius 2 is 1.00 bits per heavy atom. The molecule has 0 unspecified atom stereocenters. The van der Waals surface area contributed by atoms with E-state index in [1.165, 1.54) is 51.4 Å². The van der Waals surface area contributed by atoms with Crippen LogP contribution in [-0.4, -0.2) is 41.0 Å². The normalized spacial score (nSPS) is 13.0. The minimum atomic E-state index is -4.76. The van der Waals surface area contributed by atoms with Crippen LogP contribution in [0.15, 0.2) is 48.6 Å². The zero-order valence-electron chi connectivity index (χ0n) is 30.4. The number of carbonyl (C=O) groups excluding carboxylic acids is 2. The van der Waals surface area contributed by atoms with E-state index in [0.717, 1.165) is 77.0 Å². The second-order valence-electron chi connectivity index (χ2n) is 12.5. The molecule has 0 radical (unpaired) electrons. The number of carbonyl (C=O) groups is 2. The van der Waals surface area contributed by atoms with Crippen molar-refractivity contribution in [3.63, 3.8) is 0 Å². The van der Waals surface area contributed by atoms with Crippen molar-refractivity contribution in [2.75, 3.05) is 13.2 Å². The average Bonchev–Trinajstić information content (AvgIpc) is 3.05. The molecule has 9 heteroatoms. The van der Waals surface area contributed by atoms with E-state index in [1.807, 2.05) is 0 Å². The molecule has 8 nitrogen and oxygen atoms in total. The van der Waals surface area contributed by atoms with Crippen molar-refractivity contribution in [3.8, 4) is 0 Å². The molecule has 48 heavy (non-hydrogen) atoms. The average molecular weight is 697 g/mol. The Balaban J connectivity index is 4.00. The molecule has 1 atom stereocenters. The summed E-state index contributed by atoms with van der Waals surface area (Å²) in [6.45, 7) is 3.53. The summed E-state index contributed by atoms with van der Waals surface area (Å²) in [4.78, 5) is 42.7. The second kappa shape index (κ2) is 34.9. The fraction of sp³-hybridized carbons (Fsp3) is 0.744. The predicted molar refractivity (Wildman–Crippen MR) is 198 cm³/mol. The van der Waals surface area contributed by atoms with Crippen LogP contribution >= 0.6 is 7.82 Å². The van der Waals surface area contributed by atoms with Crippen molar-refractivity contribution in [1.29, 1.82) is 0 Å². The molecule has 2 N–H and O–H groups in total. The summed E-state index contributed by atoms with van der Waals surface area (Å²) >= 11 is 0. The molecular formula is C39H69O8P. The molecule has 0 saturated carbocycles. The summed E-state index contributed by atoms with van der Waals surface area (Å²) in [6, 6.07) is 0. The molecule has 0 fully saturated rings. The summed E-state index contributed by atoms with van der Waals surface area (Å²) in [5, 5.41) is 0. The topological polar surface area (TPSA) is 119 Å². The highest BCUT2D eigenvalue weighted by Gasteiger charge is 2.22. The molecule has 278 valence electrons. The number of phosphoric acid groups is 1. The number of phosphoric ester groups is 1. The molecule has 0 heterocycles. The first-order valence-electron chi connectivity index (χ1n) is 18.9. The van der Waals surface area contributed by atoms with Crippen LogP contribution in [0.25, 0.3) is 0 Å². The minimum Gasteiger partial charge on any atom is -0.462 e. The highest BCUT2D eigenvalue weighted by molar-refractivity contribution is 7.46. The van der Waals surface area contributed by atoms with Crippen LogP contribution in [0.2, 0.25) is 0 Å². The molecule has 0 aliphatic heterocycles. The lowest BCUT2D eigenvalue weighted by Crippen LogP contribution is -2.29. The van der Waals surface area contributed by atoms with Gasteiger partial charge < -0.3 is 19.3 Å². The molecule has 0 aromatic heterocycles. The number of ether oxygens (including phenoxy) is 2. The minimum absolute atomic E-state index is 0.202. The Labute approximate surface area is 293 Å². The number of rotatable bonds is 34. The Morgan fingerprint density at radius 1 is 0.562 bits per heavy atom. The smallest absolute Gasteiger partial charge is 0.462 e. The first-order chi connectivity index (χ1) is 23.3. The molecule has 0 saturated heterocycles. The number of hydrogen-bond donors (Lipinski definition) is 2. The molecule has 0 aliphatic rings. The molecule has 0 aliphatic carbocycles. The maximum absolute atomic E-state index is 12.4. The van der Waals surface area contributed by atoms with Gasteiger partial charge in [-0.2, -0.15) is 0 Å². The third kappa shape index (κ3) is 36.8. The standard InChI is InChI=1S/C39H69O8P/c1-3-5-7-9-11-13-15-17-19-21-23-25-27-29-31-33-38(40)45-35-37(36-46-48(42,43)44)47-39(41)34-32-30-28-26-24-22-20-18-16-14-12-10-8-6-4-2/h5,7,11,13-14,16-17,19,37H,3-4,6,8-10,12,15,18,20-36H2,1-2H3,(H2,42,43,44)/b7-5+,13-11+,16-14+,19-17+/t37-/m1/s1.